The first kappa shape index (κ1) is 23.8. The smallest absolute Gasteiger partial charge is 0.254 e. The molecule has 2 aromatic rings. The van der Waals surface area contributed by atoms with Crippen molar-refractivity contribution in [3.63, 3.8) is 0 Å². The lowest BCUT2D eigenvalue weighted by atomic mass is 10.1. The number of hydrogen-bond donors (Lipinski definition) is 2. The zero-order chi connectivity index (χ0) is 23.1. The molecule has 0 spiro atoms. The molecule has 0 saturated carbocycles. The summed E-state index contributed by atoms with van der Waals surface area (Å²) in [7, 11) is 0. The molecule has 1 saturated heterocycles. The SMILES string of the molecule is Cc1cc(NC(=O)CSCC(=O)NCc2ccc(C(=O)N3CC(C)OC(C)C3)cc2)no1. The summed E-state index contributed by atoms with van der Waals surface area (Å²) in [6.07, 6.45) is 0.0419. The van der Waals surface area contributed by atoms with E-state index in [1.165, 1.54) is 11.8 Å². The topological polar surface area (TPSA) is 114 Å². The highest BCUT2D eigenvalue weighted by Crippen LogP contribution is 2.15. The molecule has 2 unspecified atom stereocenters. The molecule has 2 heterocycles. The molecular weight excluding hydrogens is 432 g/mol. The van der Waals surface area contributed by atoms with E-state index in [-0.39, 0.29) is 41.4 Å². The van der Waals surface area contributed by atoms with Crippen LogP contribution in [-0.2, 0) is 20.9 Å². The molecule has 32 heavy (non-hydrogen) atoms. The number of ether oxygens (including phenoxy) is 1. The maximum Gasteiger partial charge on any atom is 0.254 e. The second kappa shape index (κ2) is 11.1. The predicted molar refractivity (Wildman–Crippen MR) is 121 cm³/mol. The number of anilines is 1. The number of carbonyl (C=O) groups excluding carboxylic acids is 3. The van der Waals surface area contributed by atoms with Crippen LogP contribution in [0, 0.1) is 6.92 Å². The molecule has 1 aliphatic rings. The van der Waals surface area contributed by atoms with Crippen molar-refractivity contribution in [2.45, 2.75) is 39.5 Å². The number of nitrogens with one attached hydrogen (secondary N) is 2. The minimum Gasteiger partial charge on any atom is -0.372 e. The van der Waals surface area contributed by atoms with Gasteiger partial charge in [-0.1, -0.05) is 17.3 Å². The molecule has 172 valence electrons. The molecule has 0 radical (unpaired) electrons. The molecule has 0 aliphatic carbocycles. The third-order valence-corrected chi connectivity index (χ3v) is 5.69. The van der Waals surface area contributed by atoms with E-state index in [1.54, 1.807) is 25.1 Å². The van der Waals surface area contributed by atoms with E-state index in [0.29, 0.717) is 36.8 Å². The molecule has 3 rings (SSSR count). The van der Waals surface area contributed by atoms with Gasteiger partial charge in [-0.25, -0.2) is 0 Å². The van der Waals surface area contributed by atoms with Crippen LogP contribution in [0.3, 0.4) is 0 Å². The lowest BCUT2D eigenvalue weighted by Crippen LogP contribution is -2.48. The number of benzene rings is 1. The highest BCUT2D eigenvalue weighted by atomic mass is 32.2. The maximum atomic E-state index is 12.7. The minimum absolute atomic E-state index is 0.0157. The third-order valence-electron chi connectivity index (χ3n) is 4.76. The molecule has 9 nitrogen and oxygen atoms in total. The largest absolute Gasteiger partial charge is 0.372 e. The van der Waals surface area contributed by atoms with Gasteiger partial charge in [0.1, 0.15) is 5.76 Å². The van der Waals surface area contributed by atoms with Gasteiger partial charge >= 0.3 is 0 Å². The number of morpholine rings is 1. The standard InChI is InChI=1S/C22H28N4O5S/c1-14-8-19(25-31-14)24-21(28)13-32-12-20(27)23-9-17-4-6-18(7-5-17)22(29)26-10-15(2)30-16(3)11-26/h4-8,15-16H,9-13H2,1-3H3,(H,23,27)(H,24,25,28). The second-order valence-electron chi connectivity index (χ2n) is 7.80. The van der Waals surface area contributed by atoms with Crippen LogP contribution in [-0.4, -0.2) is 64.6 Å². The fourth-order valence-corrected chi connectivity index (χ4v) is 4.03. The number of amides is 3. The van der Waals surface area contributed by atoms with Crippen LogP contribution >= 0.6 is 11.8 Å². The number of aromatic nitrogens is 1. The molecule has 2 atom stereocenters. The fourth-order valence-electron chi connectivity index (χ4n) is 3.38. The van der Waals surface area contributed by atoms with Gasteiger partial charge in [-0.3, -0.25) is 14.4 Å². The Labute approximate surface area is 191 Å². The summed E-state index contributed by atoms with van der Waals surface area (Å²) in [4.78, 5) is 38.4. The third kappa shape index (κ3) is 7.10. The summed E-state index contributed by atoms with van der Waals surface area (Å²) in [5.74, 6) is 0.826. The van der Waals surface area contributed by atoms with Crippen LogP contribution in [0.25, 0.3) is 0 Å². The van der Waals surface area contributed by atoms with Crippen molar-refractivity contribution in [3.05, 3.63) is 47.2 Å². The highest BCUT2D eigenvalue weighted by molar-refractivity contribution is 8.00. The number of carbonyl (C=O) groups is 3. The van der Waals surface area contributed by atoms with Crippen LogP contribution in [0.15, 0.2) is 34.9 Å². The molecule has 10 heteroatoms. The van der Waals surface area contributed by atoms with Crippen molar-refractivity contribution in [2.24, 2.45) is 0 Å². The van der Waals surface area contributed by atoms with Crippen molar-refractivity contribution in [2.75, 3.05) is 29.9 Å². The van der Waals surface area contributed by atoms with Crippen LogP contribution in [0.1, 0.15) is 35.5 Å². The number of hydrogen-bond acceptors (Lipinski definition) is 7. The van der Waals surface area contributed by atoms with Gasteiger partial charge < -0.3 is 24.8 Å². The summed E-state index contributed by atoms with van der Waals surface area (Å²) in [6.45, 7) is 7.17. The van der Waals surface area contributed by atoms with Gasteiger partial charge in [-0.15, -0.1) is 11.8 Å². The summed E-state index contributed by atoms with van der Waals surface area (Å²) in [6, 6.07) is 8.84. The van der Waals surface area contributed by atoms with Crippen molar-refractivity contribution in [1.29, 1.82) is 0 Å². The Bertz CT molecular complexity index is 936. The van der Waals surface area contributed by atoms with Crippen molar-refractivity contribution < 1.29 is 23.6 Å². The molecule has 0 bridgehead atoms. The number of rotatable bonds is 8. The maximum absolute atomic E-state index is 12.7. The highest BCUT2D eigenvalue weighted by Gasteiger charge is 2.26. The van der Waals surface area contributed by atoms with E-state index in [4.69, 9.17) is 9.26 Å². The lowest BCUT2D eigenvalue weighted by Gasteiger charge is -2.35. The fraction of sp³-hybridized carbons (Fsp3) is 0.455. The monoisotopic (exact) mass is 460 g/mol. The summed E-state index contributed by atoms with van der Waals surface area (Å²) < 4.78 is 10.6. The molecular formula is C22H28N4O5S. The average molecular weight is 461 g/mol. The van der Waals surface area contributed by atoms with E-state index < -0.39 is 0 Å². The van der Waals surface area contributed by atoms with Crippen LogP contribution in [0.4, 0.5) is 5.82 Å². The van der Waals surface area contributed by atoms with E-state index in [0.717, 1.165) is 5.56 Å². The Hall–Kier alpha value is -2.85. The molecule has 3 amide bonds. The van der Waals surface area contributed by atoms with Crippen LogP contribution < -0.4 is 10.6 Å². The van der Waals surface area contributed by atoms with Gasteiger partial charge in [0.15, 0.2) is 5.82 Å². The zero-order valence-electron chi connectivity index (χ0n) is 18.4. The Kier molecular flexibility index (Phi) is 8.29. The quantitative estimate of drug-likeness (QED) is 0.621. The summed E-state index contributed by atoms with van der Waals surface area (Å²) in [5.41, 5.74) is 1.51. The molecule has 1 aliphatic heterocycles. The van der Waals surface area contributed by atoms with E-state index in [9.17, 15) is 14.4 Å². The van der Waals surface area contributed by atoms with E-state index in [1.807, 2.05) is 30.9 Å². The summed E-state index contributed by atoms with van der Waals surface area (Å²) in [5, 5.41) is 9.11. The Morgan fingerprint density at radius 1 is 1.09 bits per heavy atom. The average Bonchev–Trinajstić information content (AvgIpc) is 3.15. The van der Waals surface area contributed by atoms with Gasteiger partial charge in [0.2, 0.25) is 11.8 Å². The van der Waals surface area contributed by atoms with Crippen LogP contribution in [0.2, 0.25) is 0 Å². The Balaban J connectivity index is 1.37. The normalized spacial score (nSPS) is 18.3. The second-order valence-corrected chi connectivity index (χ2v) is 8.79. The van der Waals surface area contributed by atoms with Gasteiger partial charge in [-0.2, -0.15) is 0 Å². The van der Waals surface area contributed by atoms with Crippen molar-refractivity contribution >= 4 is 35.3 Å². The minimum atomic E-state index is -0.250. The molecule has 1 aromatic heterocycles. The number of aryl methyl sites for hydroxylation is 1. The number of thioether (sulfide) groups is 1. The van der Waals surface area contributed by atoms with Gasteiger partial charge in [0.25, 0.3) is 5.91 Å². The predicted octanol–water partition coefficient (Wildman–Crippen LogP) is 2.22. The van der Waals surface area contributed by atoms with Crippen molar-refractivity contribution in [3.8, 4) is 0 Å². The van der Waals surface area contributed by atoms with E-state index >= 15 is 0 Å². The lowest BCUT2D eigenvalue weighted by molar-refractivity contribution is -0.118. The summed E-state index contributed by atoms with van der Waals surface area (Å²) >= 11 is 1.21. The van der Waals surface area contributed by atoms with Gasteiger partial charge in [0, 0.05) is 31.3 Å². The first-order valence-electron chi connectivity index (χ1n) is 10.4. The van der Waals surface area contributed by atoms with Crippen molar-refractivity contribution in [1.82, 2.24) is 15.4 Å². The van der Waals surface area contributed by atoms with Gasteiger partial charge in [-0.05, 0) is 38.5 Å². The Morgan fingerprint density at radius 3 is 2.38 bits per heavy atom. The van der Waals surface area contributed by atoms with Gasteiger partial charge in [0.05, 0.1) is 23.7 Å². The van der Waals surface area contributed by atoms with E-state index in [2.05, 4.69) is 15.8 Å². The first-order valence-corrected chi connectivity index (χ1v) is 11.6. The molecule has 1 aromatic carbocycles. The first-order chi connectivity index (χ1) is 15.3. The molecule has 1 fully saturated rings. The molecule has 2 N–H and O–H groups in total. The Morgan fingerprint density at radius 2 is 1.75 bits per heavy atom. The van der Waals surface area contributed by atoms with Crippen LogP contribution in [0.5, 0.6) is 0 Å². The number of nitrogens with zero attached hydrogens (tertiary/aromatic N) is 2. The zero-order valence-corrected chi connectivity index (χ0v) is 19.2.